The fourth-order valence-electron chi connectivity index (χ4n) is 2.46. The minimum Gasteiger partial charge on any atom is -0.384 e. The van der Waals surface area contributed by atoms with Gasteiger partial charge in [0.15, 0.2) is 0 Å². The number of pyridine rings is 1. The Labute approximate surface area is 103 Å². The number of anilines is 1. The molecular weight excluding hydrogens is 214 g/mol. The third-order valence-corrected chi connectivity index (χ3v) is 3.28. The van der Waals surface area contributed by atoms with Gasteiger partial charge in [-0.3, -0.25) is 4.98 Å². The number of nitrogens with zero attached hydrogens (tertiary/aromatic N) is 2. The molecule has 4 nitrogen and oxygen atoms in total. The van der Waals surface area contributed by atoms with Gasteiger partial charge in [-0.15, -0.1) is 0 Å². The molecule has 1 atom stereocenters. The average Bonchev–Trinajstić information content (AvgIpc) is 2.79. The van der Waals surface area contributed by atoms with E-state index in [0.717, 1.165) is 26.2 Å². The van der Waals surface area contributed by atoms with Gasteiger partial charge in [0.2, 0.25) is 0 Å². The van der Waals surface area contributed by atoms with E-state index in [-0.39, 0.29) is 0 Å². The molecule has 1 N–H and O–H groups in total. The summed E-state index contributed by atoms with van der Waals surface area (Å²) in [5.41, 5.74) is 2.58. The zero-order valence-electron chi connectivity index (χ0n) is 10.6. The quantitative estimate of drug-likeness (QED) is 0.834. The molecule has 1 aliphatic heterocycles. The maximum absolute atomic E-state index is 5.23. The first-order valence-corrected chi connectivity index (χ1v) is 6.16. The van der Waals surface area contributed by atoms with Gasteiger partial charge in [-0.2, -0.15) is 0 Å². The second-order valence-corrected chi connectivity index (χ2v) is 4.59. The Hall–Kier alpha value is -1.13. The van der Waals surface area contributed by atoms with Crippen LogP contribution >= 0.6 is 0 Å². The van der Waals surface area contributed by atoms with Crippen molar-refractivity contribution < 1.29 is 4.74 Å². The summed E-state index contributed by atoms with van der Waals surface area (Å²) in [6.45, 7) is 3.94. The van der Waals surface area contributed by atoms with Crippen molar-refractivity contribution in [2.24, 2.45) is 5.92 Å². The molecule has 17 heavy (non-hydrogen) atoms. The fourth-order valence-corrected chi connectivity index (χ4v) is 2.46. The molecule has 0 saturated carbocycles. The lowest BCUT2D eigenvalue weighted by molar-refractivity contribution is 0.161. The van der Waals surface area contributed by atoms with Crippen LogP contribution in [0.5, 0.6) is 0 Å². The Bertz CT molecular complexity index is 356. The van der Waals surface area contributed by atoms with E-state index in [9.17, 15) is 0 Å². The Morgan fingerprint density at radius 1 is 1.59 bits per heavy atom. The van der Waals surface area contributed by atoms with Crippen molar-refractivity contribution in [3.63, 3.8) is 0 Å². The molecule has 0 radical (unpaired) electrons. The van der Waals surface area contributed by atoms with E-state index in [1.165, 1.54) is 17.7 Å². The molecule has 94 valence electrons. The normalized spacial score (nSPS) is 19.9. The summed E-state index contributed by atoms with van der Waals surface area (Å²) in [6.07, 6.45) is 5.04. The summed E-state index contributed by atoms with van der Waals surface area (Å²) < 4.78 is 5.23. The molecular formula is C13H21N3O. The minimum atomic E-state index is 0.655. The van der Waals surface area contributed by atoms with Crippen LogP contribution in [0.3, 0.4) is 0 Å². The van der Waals surface area contributed by atoms with Gasteiger partial charge in [0.1, 0.15) is 0 Å². The van der Waals surface area contributed by atoms with Crippen molar-refractivity contribution in [2.45, 2.75) is 13.0 Å². The van der Waals surface area contributed by atoms with Crippen LogP contribution in [0.15, 0.2) is 18.5 Å². The summed E-state index contributed by atoms with van der Waals surface area (Å²) in [5.74, 6) is 0.655. The Morgan fingerprint density at radius 3 is 3.24 bits per heavy atom. The Kier molecular flexibility index (Phi) is 4.34. The molecule has 0 aliphatic carbocycles. The number of methoxy groups -OCH3 is 1. The molecule has 1 aromatic heterocycles. The molecule has 1 unspecified atom stereocenters. The first kappa shape index (κ1) is 12.3. The molecule has 1 aromatic rings. The number of aromatic nitrogens is 1. The monoisotopic (exact) mass is 235 g/mol. The minimum absolute atomic E-state index is 0.655. The van der Waals surface area contributed by atoms with Crippen LogP contribution in [0.2, 0.25) is 0 Å². The predicted molar refractivity (Wildman–Crippen MR) is 69.2 cm³/mol. The SMILES string of the molecule is CNCc1ccncc1N1CCC(COC)C1. The largest absolute Gasteiger partial charge is 0.384 e. The maximum Gasteiger partial charge on any atom is 0.0598 e. The van der Waals surface area contributed by atoms with Crippen LogP contribution in [0.25, 0.3) is 0 Å². The Morgan fingerprint density at radius 2 is 2.47 bits per heavy atom. The second kappa shape index (κ2) is 5.98. The highest BCUT2D eigenvalue weighted by molar-refractivity contribution is 5.52. The van der Waals surface area contributed by atoms with Gasteiger partial charge in [0.25, 0.3) is 0 Å². The van der Waals surface area contributed by atoms with E-state index in [1.807, 2.05) is 19.4 Å². The maximum atomic E-state index is 5.23. The molecule has 2 heterocycles. The summed E-state index contributed by atoms with van der Waals surface area (Å²) in [5, 5.41) is 3.21. The van der Waals surface area contributed by atoms with E-state index in [1.54, 1.807) is 7.11 Å². The lowest BCUT2D eigenvalue weighted by Crippen LogP contribution is -2.23. The van der Waals surface area contributed by atoms with Crippen molar-refractivity contribution in [2.75, 3.05) is 38.8 Å². The summed E-state index contributed by atoms with van der Waals surface area (Å²) in [4.78, 5) is 6.66. The molecule has 1 aliphatic rings. The zero-order chi connectivity index (χ0) is 12.1. The first-order valence-electron chi connectivity index (χ1n) is 6.16. The number of hydrogen-bond donors (Lipinski definition) is 1. The summed E-state index contributed by atoms with van der Waals surface area (Å²) >= 11 is 0. The van der Waals surface area contributed by atoms with Crippen molar-refractivity contribution >= 4 is 5.69 Å². The van der Waals surface area contributed by atoms with Gasteiger partial charge in [-0.25, -0.2) is 0 Å². The van der Waals surface area contributed by atoms with E-state index in [2.05, 4.69) is 21.3 Å². The standard InChI is InChI=1S/C13H21N3O/c1-14-7-12-3-5-15-8-13(12)16-6-4-11(9-16)10-17-2/h3,5,8,11,14H,4,6-7,9-10H2,1-2H3. The molecule has 0 aromatic carbocycles. The van der Waals surface area contributed by atoms with Gasteiger partial charge < -0.3 is 15.0 Å². The number of rotatable bonds is 5. The lowest BCUT2D eigenvalue weighted by atomic mass is 10.1. The third kappa shape index (κ3) is 2.96. The molecule has 1 saturated heterocycles. The zero-order valence-corrected chi connectivity index (χ0v) is 10.6. The van der Waals surface area contributed by atoms with Gasteiger partial charge in [0, 0.05) is 38.9 Å². The molecule has 0 bridgehead atoms. The highest BCUT2D eigenvalue weighted by Crippen LogP contribution is 2.26. The van der Waals surface area contributed by atoms with E-state index < -0.39 is 0 Å². The van der Waals surface area contributed by atoms with Crippen LogP contribution < -0.4 is 10.2 Å². The van der Waals surface area contributed by atoms with Crippen LogP contribution in [0.1, 0.15) is 12.0 Å². The van der Waals surface area contributed by atoms with Crippen molar-refractivity contribution in [3.8, 4) is 0 Å². The molecule has 0 amide bonds. The predicted octanol–water partition coefficient (Wildman–Crippen LogP) is 1.27. The molecule has 4 heteroatoms. The summed E-state index contributed by atoms with van der Waals surface area (Å²) in [7, 11) is 3.75. The van der Waals surface area contributed by atoms with Crippen LogP contribution in [-0.2, 0) is 11.3 Å². The van der Waals surface area contributed by atoms with Crippen molar-refractivity contribution in [1.82, 2.24) is 10.3 Å². The lowest BCUT2D eigenvalue weighted by Gasteiger charge is -2.21. The van der Waals surface area contributed by atoms with Gasteiger partial charge in [-0.05, 0) is 25.1 Å². The third-order valence-electron chi connectivity index (χ3n) is 3.28. The molecule has 1 fully saturated rings. The van der Waals surface area contributed by atoms with Crippen molar-refractivity contribution in [3.05, 3.63) is 24.0 Å². The average molecular weight is 235 g/mol. The van der Waals surface area contributed by atoms with Crippen molar-refractivity contribution in [1.29, 1.82) is 0 Å². The number of ether oxygens (including phenoxy) is 1. The highest BCUT2D eigenvalue weighted by atomic mass is 16.5. The fraction of sp³-hybridized carbons (Fsp3) is 0.615. The van der Waals surface area contributed by atoms with Crippen LogP contribution in [-0.4, -0.2) is 38.8 Å². The molecule has 2 rings (SSSR count). The van der Waals surface area contributed by atoms with Gasteiger partial charge >= 0.3 is 0 Å². The summed E-state index contributed by atoms with van der Waals surface area (Å²) in [6, 6.07) is 2.09. The van der Waals surface area contributed by atoms with Crippen LogP contribution in [0, 0.1) is 5.92 Å². The van der Waals surface area contributed by atoms with Gasteiger partial charge in [0.05, 0.1) is 18.5 Å². The highest BCUT2D eigenvalue weighted by Gasteiger charge is 2.23. The Balaban J connectivity index is 2.07. The smallest absolute Gasteiger partial charge is 0.0598 e. The molecule has 0 spiro atoms. The van der Waals surface area contributed by atoms with E-state index >= 15 is 0 Å². The topological polar surface area (TPSA) is 37.4 Å². The second-order valence-electron chi connectivity index (χ2n) is 4.59. The number of hydrogen-bond acceptors (Lipinski definition) is 4. The van der Waals surface area contributed by atoms with Crippen LogP contribution in [0.4, 0.5) is 5.69 Å². The number of nitrogens with one attached hydrogen (secondary N) is 1. The van der Waals surface area contributed by atoms with E-state index in [0.29, 0.717) is 5.92 Å². The van der Waals surface area contributed by atoms with Gasteiger partial charge in [-0.1, -0.05) is 0 Å². The van der Waals surface area contributed by atoms with E-state index in [4.69, 9.17) is 4.74 Å². The first-order chi connectivity index (χ1) is 8.35.